The average Bonchev–Trinajstić information content (AvgIpc) is 3.08. The molecule has 0 spiro atoms. The number of ether oxygens (including phenoxy) is 3. The molecule has 1 N–H and O–H groups in total. The van der Waals surface area contributed by atoms with Gasteiger partial charge < -0.3 is 19.3 Å². The van der Waals surface area contributed by atoms with Crippen molar-refractivity contribution in [1.82, 2.24) is 4.90 Å². The topological polar surface area (TPSA) is 51.2 Å². The van der Waals surface area contributed by atoms with E-state index in [1.807, 2.05) is 12.1 Å². The molecule has 0 radical (unpaired) electrons. The average molecular weight is 349 g/mol. The molecule has 25 heavy (non-hydrogen) atoms. The predicted molar refractivity (Wildman–Crippen MR) is 97.4 cm³/mol. The lowest BCUT2D eigenvalue weighted by molar-refractivity contribution is -0.0316. The molecule has 2 aliphatic rings. The monoisotopic (exact) mass is 349 g/mol. The summed E-state index contributed by atoms with van der Waals surface area (Å²) in [4.78, 5) is 2.44. The van der Waals surface area contributed by atoms with Crippen LogP contribution in [0.2, 0.25) is 0 Å². The van der Waals surface area contributed by atoms with Gasteiger partial charge in [-0.25, -0.2) is 0 Å². The van der Waals surface area contributed by atoms with Gasteiger partial charge in [-0.05, 0) is 43.4 Å². The van der Waals surface area contributed by atoms with E-state index in [9.17, 15) is 5.11 Å². The molecule has 1 aromatic rings. The van der Waals surface area contributed by atoms with Gasteiger partial charge in [0.15, 0.2) is 11.5 Å². The number of hydrogen-bond donors (Lipinski definition) is 1. The van der Waals surface area contributed by atoms with Gasteiger partial charge in [-0.15, -0.1) is 0 Å². The predicted octanol–water partition coefficient (Wildman–Crippen LogP) is 2.64. The third kappa shape index (κ3) is 4.66. The van der Waals surface area contributed by atoms with Gasteiger partial charge in [0.1, 0.15) is 0 Å². The van der Waals surface area contributed by atoms with Crippen LogP contribution in [0.25, 0.3) is 0 Å². The van der Waals surface area contributed by atoms with Gasteiger partial charge in [0.2, 0.25) is 0 Å². The Kier molecular flexibility index (Phi) is 6.57. The Bertz CT molecular complexity index is 550. The van der Waals surface area contributed by atoms with Crippen LogP contribution in [0, 0.1) is 0 Å². The van der Waals surface area contributed by atoms with Crippen molar-refractivity contribution in [3.63, 3.8) is 0 Å². The molecular weight excluding hydrogens is 318 g/mol. The number of aliphatic hydroxyl groups is 1. The summed E-state index contributed by atoms with van der Waals surface area (Å²) in [6, 6.07) is 6.51. The highest BCUT2D eigenvalue weighted by Crippen LogP contribution is 2.30. The third-order valence-electron chi connectivity index (χ3n) is 5.50. The maximum Gasteiger partial charge on any atom is 0.160 e. The van der Waals surface area contributed by atoms with Gasteiger partial charge in [-0.1, -0.05) is 18.9 Å². The number of benzene rings is 1. The van der Waals surface area contributed by atoms with Crippen LogP contribution in [0.4, 0.5) is 0 Å². The molecular formula is C20H31NO4. The number of likely N-dealkylation sites (tertiary alicyclic amines) is 1. The molecule has 0 amide bonds. The molecule has 2 unspecified atom stereocenters. The van der Waals surface area contributed by atoms with E-state index in [0.717, 1.165) is 43.9 Å². The van der Waals surface area contributed by atoms with E-state index in [2.05, 4.69) is 11.0 Å². The Labute approximate surface area is 150 Å². The van der Waals surface area contributed by atoms with Crippen molar-refractivity contribution < 1.29 is 19.3 Å². The summed E-state index contributed by atoms with van der Waals surface area (Å²) in [6.07, 6.45) is 6.73. The zero-order valence-corrected chi connectivity index (χ0v) is 15.4. The maximum absolute atomic E-state index is 9.83. The molecule has 3 atom stereocenters. The van der Waals surface area contributed by atoms with Gasteiger partial charge in [-0.2, -0.15) is 0 Å². The maximum atomic E-state index is 9.83. The van der Waals surface area contributed by atoms with Crippen LogP contribution in [-0.2, 0) is 11.2 Å². The van der Waals surface area contributed by atoms with Crippen LogP contribution in [-0.4, -0.2) is 62.2 Å². The van der Waals surface area contributed by atoms with Gasteiger partial charge in [0.05, 0.1) is 33.0 Å². The molecule has 3 rings (SSSR count). The van der Waals surface area contributed by atoms with E-state index in [1.54, 1.807) is 14.2 Å². The molecule has 0 aromatic heterocycles. The Morgan fingerprint density at radius 3 is 2.60 bits per heavy atom. The van der Waals surface area contributed by atoms with Gasteiger partial charge in [0, 0.05) is 19.1 Å². The van der Waals surface area contributed by atoms with Gasteiger partial charge in [-0.3, -0.25) is 4.90 Å². The van der Waals surface area contributed by atoms with Crippen molar-refractivity contribution in [3.8, 4) is 11.5 Å². The van der Waals surface area contributed by atoms with Crippen LogP contribution in [0.15, 0.2) is 18.2 Å². The molecule has 2 fully saturated rings. The second kappa shape index (κ2) is 8.88. The lowest BCUT2D eigenvalue weighted by Crippen LogP contribution is -2.46. The van der Waals surface area contributed by atoms with E-state index in [0.29, 0.717) is 18.8 Å². The molecule has 0 bridgehead atoms. The summed E-state index contributed by atoms with van der Waals surface area (Å²) >= 11 is 0. The van der Waals surface area contributed by atoms with E-state index in [4.69, 9.17) is 14.2 Å². The van der Waals surface area contributed by atoms with Crippen molar-refractivity contribution in [2.24, 2.45) is 0 Å². The number of rotatable bonds is 7. The number of aliphatic hydroxyl groups excluding tert-OH is 1. The Hall–Kier alpha value is -1.30. The second-order valence-corrected chi connectivity index (χ2v) is 7.14. The molecule has 5 heteroatoms. The lowest BCUT2D eigenvalue weighted by Gasteiger charge is -2.37. The molecule has 1 aromatic carbocycles. The highest BCUT2D eigenvalue weighted by atomic mass is 16.5. The molecule has 5 nitrogen and oxygen atoms in total. The quantitative estimate of drug-likeness (QED) is 0.820. The van der Waals surface area contributed by atoms with Crippen LogP contribution >= 0.6 is 0 Å². The molecule has 1 aliphatic heterocycles. The van der Waals surface area contributed by atoms with Crippen LogP contribution < -0.4 is 9.47 Å². The highest BCUT2D eigenvalue weighted by molar-refractivity contribution is 5.42. The zero-order chi connectivity index (χ0) is 17.6. The number of nitrogens with zero attached hydrogens (tertiary/aromatic N) is 1. The van der Waals surface area contributed by atoms with E-state index >= 15 is 0 Å². The smallest absolute Gasteiger partial charge is 0.160 e. The molecule has 1 aliphatic carbocycles. The first-order chi connectivity index (χ1) is 12.2. The fraction of sp³-hybridized carbons (Fsp3) is 0.700. The first-order valence-electron chi connectivity index (χ1n) is 9.46. The number of methoxy groups -OCH3 is 2. The lowest BCUT2D eigenvalue weighted by atomic mass is 9.91. The zero-order valence-electron chi connectivity index (χ0n) is 15.4. The summed E-state index contributed by atoms with van der Waals surface area (Å²) in [6.45, 7) is 2.52. The van der Waals surface area contributed by atoms with Crippen LogP contribution in [0.3, 0.4) is 0 Å². The molecule has 140 valence electrons. The van der Waals surface area contributed by atoms with E-state index in [-0.39, 0.29) is 6.10 Å². The summed E-state index contributed by atoms with van der Waals surface area (Å²) in [5.41, 5.74) is 1.20. The first-order valence-corrected chi connectivity index (χ1v) is 9.46. The summed E-state index contributed by atoms with van der Waals surface area (Å²) in [5, 5.41) is 9.83. The first kappa shape index (κ1) is 18.5. The van der Waals surface area contributed by atoms with Crippen molar-refractivity contribution >= 4 is 0 Å². The minimum atomic E-state index is -0.158. The number of β-amino-alcohol motifs (C(OH)–C–C–N with tert-alkyl or cyclic N) is 1. The minimum Gasteiger partial charge on any atom is -0.493 e. The standard InChI is InChI=1S/C20H31NO4/c1-23-19-8-7-15(13-20(19)24-2)10-12-25-18-6-4-3-5-17(18)21-11-9-16(22)14-21/h7-8,13,16-18,22H,3-6,9-12,14H2,1-2H3/t16?,17-,18?/m1/s1. The molecule has 1 saturated heterocycles. The highest BCUT2D eigenvalue weighted by Gasteiger charge is 2.34. The SMILES string of the molecule is COc1ccc(CCOC2CCCC[C@H]2N2CCC(O)C2)cc1OC. The van der Waals surface area contributed by atoms with Crippen molar-refractivity contribution in [3.05, 3.63) is 23.8 Å². The van der Waals surface area contributed by atoms with E-state index < -0.39 is 0 Å². The summed E-state index contributed by atoms with van der Waals surface area (Å²) < 4.78 is 16.9. The molecule has 1 heterocycles. The van der Waals surface area contributed by atoms with Gasteiger partial charge >= 0.3 is 0 Å². The fourth-order valence-corrected chi connectivity index (χ4v) is 4.12. The third-order valence-corrected chi connectivity index (χ3v) is 5.50. The molecule has 1 saturated carbocycles. The van der Waals surface area contributed by atoms with Crippen molar-refractivity contribution in [2.75, 3.05) is 33.9 Å². The fourth-order valence-electron chi connectivity index (χ4n) is 4.12. The van der Waals surface area contributed by atoms with Crippen molar-refractivity contribution in [2.45, 2.75) is 56.8 Å². The number of hydrogen-bond acceptors (Lipinski definition) is 5. The Morgan fingerprint density at radius 2 is 1.88 bits per heavy atom. The second-order valence-electron chi connectivity index (χ2n) is 7.14. The van der Waals surface area contributed by atoms with Gasteiger partial charge in [0.25, 0.3) is 0 Å². The normalized spacial score (nSPS) is 27.4. The Balaban J connectivity index is 1.53. The van der Waals surface area contributed by atoms with Crippen LogP contribution in [0.5, 0.6) is 11.5 Å². The Morgan fingerprint density at radius 1 is 1.08 bits per heavy atom. The largest absolute Gasteiger partial charge is 0.493 e. The summed E-state index contributed by atoms with van der Waals surface area (Å²) in [5.74, 6) is 1.52. The van der Waals surface area contributed by atoms with Crippen LogP contribution in [0.1, 0.15) is 37.7 Å². The van der Waals surface area contributed by atoms with Crippen molar-refractivity contribution in [1.29, 1.82) is 0 Å². The minimum absolute atomic E-state index is 0.158. The summed E-state index contributed by atoms with van der Waals surface area (Å²) in [7, 11) is 3.31. The van der Waals surface area contributed by atoms with E-state index in [1.165, 1.54) is 24.8 Å².